The van der Waals surface area contributed by atoms with Crippen LogP contribution in [0.5, 0.6) is 0 Å². The SMILES string of the molecule is CN=C(NCc1c(C)nn(C)c1C)NC1CCN(CC(C)C)CC1. The molecule has 0 aliphatic carbocycles. The number of aryl methyl sites for hydroxylation is 2. The van der Waals surface area contributed by atoms with E-state index < -0.39 is 0 Å². The number of hydrogen-bond acceptors (Lipinski definition) is 3. The first-order valence-electron chi connectivity index (χ1n) is 9.09. The van der Waals surface area contributed by atoms with Gasteiger partial charge in [0.25, 0.3) is 0 Å². The molecule has 1 aromatic rings. The monoisotopic (exact) mass is 334 g/mol. The molecule has 1 aromatic heterocycles. The van der Waals surface area contributed by atoms with Crippen molar-refractivity contribution < 1.29 is 0 Å². The van der Waals surface area contributed by atoms with Crippen molar-refractivity contribution in [2.75, 3.05) is 26.7 Å². The number of piperidine rings is 1. The fourth-order valence-corrected chi connectivity index (χ4v) is 3.41. The normalized spacial score (nSPS) is 17.5. The van der Waals surface area contributed by atoms with Gasteiger partial charge in [-0.1, -0.05) is 13.8 Å². The van der Waals surface area contributed by atoms with Crippen LogP contribution in [0.4, 0.5) is 0 Å². The van der Waals surface area contributed by atoms with E-state index >= 15 is 0 Å². The number of nitrogens with one attached hydrogen (secondary N) is 2. The first kappa shape index (κ1) is 18.8. The highest BCUT2D eigenvalue weighted by molar-refractivity contribution is 5.80. The predicted octanol–water partition coefficient (Wildman–Crippen LogP) is 1.82. The fraction of sp³-hybridized carbons (Fsp3) is 0.778. The molecule has 0 unspecified atom stereocenters. The van der Waals surface area contributed by atoms with E-state index in [9.17, 15) is 0 Å². The summed E-state index contributed by atoms with van der Waals surface area (Å²) in [5, 5.41) is 11.5. The summed E-state index contributed by atoms with van der Waals surface area (Å²) >= 11 is 0. The molecule has 1 fully saturated rings. The van der Waals surface area contributed by atoms with Crippen LogP contribution in [0.3, 0.4) is 0 Å². The Hall–Kier alpha value is -1.56. The summed E-state index contributed by atoms with van der Waals surface area (Å²) in [6.07, 6.45) is 2.36. The molecule has 1 aliphatic heterocycles. The van der Waals surface area contributed by atoms with E-state index in [1.165, 1.54) is 43.7 Å². The lowest BCUT2D eigenvalue weighted by molar-refractivity contribution is 0.187. The maximum atomic E-state index is 4.47. The minimum atomic E-state index is 0.510. The quantitative estimate of drug-likeness (QED) is 0.637. The number of likely N-dealkylation sites (tertiary alicyclic amines) is 1. The van der Waals surface area contributed by atoms with Gasteiger partial charge in [-0.3, -0.25) is 9.67 Å². The van der Waals surface area contributed by atoms with Crippen molar-refractivity contribution in [1.29, 1.82) is 0 Å². The Kier molecular flexibility index (Phi) is 6.66. The largest absolute Gasteiger partial charge is 0.354 e. The number of nitrogens with zero attached hydrogens (tertiary/aromatic N) is 4. The van der Waals surface area contributed by atoms with Crippen LogP contribution >= 0.6 is 0 Å². The Morgan fingerprint density at radius 1 is 1.29 bits per heavy atom. The molecule has 6 heteroatoms. The molecule has 2 N–H and O–H groups in total. The second-order valence-corrected chi connectivity index (χ2v) is 7.31. The maximum absolute atomic E-state index is 4.47. The third-order valence-corrected chi connectivity index (χ3v) is 4.87. The Balaban J connectivity index is 1.81. The summed E-state index contributed by atoms with van der Waals surface area (Å²) in [7, 11) is 3.83. The van der Waals surface area contributed by atoms with Crippen LogP contribution in [-0.4, -0.2) is 53.4 Å². The fourth-order valence-electron chi connectivity index (χ4n) is 3.41. The average Bonchev–Trinajstić information content (AvgIpc) is 2.78. The van der Waals surface area contributed by atoms with Gasteiger partial charge >= 0.3 is 0 Å². The van der Waals surface area contributed by atoms with E-state index in [4.69, 9.17) is 0 Å². The zero-order chi connectivity index (χ0) is 17.7. The molecule has 0 radical (unpaired) electrons. The molecule has 0 atom stereocenters. The van der Waals surface area contributed by atoms with Gasteiger partial charge in [0, 0.05) is 57.6 Å². The molecule has 2 rings (SSSR count). The third kappa shape index (κ3) is 4.97. The van der Waals surface area contributed by atoms with E-state index in [-0.39, 0.29) is 0 Å². The van der Waals surface area contributed by atoms with Gasteiger partial charge < -0.3 is 15.5 Å². The van der Waals surface area contributed by atoms with Crippen LogP contribution in [0.15, 0.2) is 4.99 Å². The summed E-state index contributed by atoms with van der Waals surface area (Å²) in [5.41, 5.74) is 3.55. The van der Waals surface area contributed by atoms with Crippen LogP contribution in [0.1, 0.15) is 43.6 Å². The molecule has 0 amide bonds. The Labute approximate surface area is 146 Å². The van der Waals surface area contributed by atoms with Crippen molar-refractivity contribution in [2.45, 2.75) is 53.1 Å². The summed E-state index contributed by atoms with van der Waals surface area (Å²) in [4.78, 5) is 6.96. The summed E-state index contributed by atoms with van der Waals surface area (Å²) in [6.45, 7) is 13.1. The molecule has 0 spiro atoms. The van der Waals surface area contributed by atoms with E-state index in [1.807, 2.05) is 18.8 Å². The van der Waals surface area contributed by atoms with Gasteiger partial charge in [0.05, 0.1) is 5.69 Å². The molecule has 136 valence electrons. The molecular formula is C18H34N6. The number of rotatable bonds is 5. The average molecular weight is 335 g/mol. The lowest BCUT2D eigenvalue weighted by Gasteiger charge is -2.34. The molecule has 0 aromatic carbocycles. The van der Waals surface area contributed by atoms with E-state index in [0.29, 0.717) is 6.04 Å². The van der Waals surface area contributed by atoms with Gasteiger partial charge in [-0.2, -0.15) is 5.10 Å². The van der Waals surface area contributed by atoms with E-state index in [1.54, 1.807) is 0 Å². The highest BCUT2D eigenvalue weighted by Crippen LogP contribution is 2.13. The molecule has 0 bridgehead atoms. The smallest absolute Gasteiger partial charge is 0.191 e. The minimum Gasteiger partial charge on any atom is -0.354 e. The summed E-state index contributed by atoms with van der Waals surface area (Å²) in [6, 6.07) is 0.510. The summed E-state index contributed by atoms with van der Waals surface area (Å²) in [5.74, 6) is 1.63. The first-order chi connectivity index (χ1) is 11.4. The van der Waals surface area contributed by atoms with E-state index in [2.05, 4.69) is 53.3 Å². The van der Waals surface area contributed by atoms with Crippen molar-refractivity contribution in [3.05, 3.63) is 17.0 Å². The molecule has 6 nitrogen and oxygen atoms in total. The van der Waals surface area contributed by atoms with E-state index in [0.717, 1.165) is 24.1 Å². The maximum Gasteiger partial charge on any atom is 0.191 e. The van der Waals surface area contributed by atoms with Gasteiger partial charge in [0.15, 0.2) is 5.96 Å². The molecule has 24 heavy (non-hydrogen) atoms. The first-order valence-corrected chi connectivity index (χ1v) is 9.09. The molecule has 1 saturated heterocycles. The second-order valence-electron chi connectivity index (χ2n) is 7.31. The molecular weight excluding hydrogens is 300 g/mol. The molecule has 0 saturated carbocycles. The topological polar surface area (TPSA) is 57.5 Å². The number of aliphatic imine (C=N–C) groups is 1. The lowest BCUT2D eigenvalue weighted by atomic mass is 10.0. The van der Waals surface area contributed by atoms with Gasteiger partial charge in [0.2, 0.25) is 0 Å². The van der Waals surface area contributed by atoms with Gasteiger partial charge in [-0.25, -0.2) is 0 Å². The number of hydrogen-bond donors (Lipinski definition) is 2. The van der Waals surface area contributed by atoms with Gasteiger partial charge in [0.1, 0.15) is 0 Å². The summed E-state index contributed by atoms with van der Waals surface area (Å²) < 4.78 is 1.94. The van der Waals surface area contributed by atoms with Crippen LogP contribution in [-0.2, 0) is 13.6 Å². The third-order valence-electron chi connectivity index (χ3n) is 4.87. The standard InChI is InChI=1S/C18H34N6/c1-13(2)12-24-9-7-16(8-10-24)21-18(19-5)20-11-17-14(3)22-23(6)15(17)4/h13,16H,7-12H2,1-6H3,(H2,19,20,21). The Morgan fingerprint density at radius 3 is 2.46 bits per heavy atom. The lowest BCUT2D eigenvalue weighted by Crippen LogP contribution is -2.49. The van der Waals surface area contributed by atoms with Crippen LogP contribution < -0.4 is 10.6 Å². The van der Waals surface area contributed by atoms with Crippen LogP contribution in [0.25, 0.3) is 0 Å². The number of guanidine groups is 1. The highest BCUT2D eigenvalue weighted by atomic mass is 15.3. The van der Waals surface area contributed by atoms with Crippen molar-refractivity contribution in [3.63, 3.8) is 0 Å². The number of aromatic nitrogens is 2. The van der Waals surface area contributed by atoms with Gasteiger partial charge in [-0.15, -0.1) is 0 Å². The highest BCUT2D eigenvalue weighted by Gasteiger charge is 2.20. The Bertz CT molecular complexity index is 552. The zero-order valence-corrected chi connectivity index (χ0v) is 16.2. The van der Waals surface area contributed by atoms with Crippen LogP contribution in [0.2, 0.25) is 0 Å². The zero-order valence-electron chi connectivity index (χ0n) is 16.2. The van der Waals surface area contributed by atoms with Crippen LogP contribution in [0, 0.1) is 19.8 Å². The second kappa shape index (κ2) is 8.51. The van der Waals surface area contributed by atoms with Crippen molar-refractivity contribution >= 4 is 5.96 Å². The van der Waals surface area contributed by atoms with Crippen molar-refractivity contribution in [2.24, 2.45) is 18.0 Å². The van der Waals surface area contributed by atoms with Gasteiger partial charge in [-0.05, 0) is 32.6 Å². The van der Waals surface area contributed by atoms with Crippen molar-refractivity contribution in [3.8, 4) is 0 Å². The minimum absolute atomic E-state index is 0.510. The predicted molar refractivity (Wildman–Crippen MR) is 100 cm³/mol. The molecule has 1 aliphatic rings. The van der Waals surface area contributed by atoms with Crippen molar-refractivity contribution in [1.82, 2.24) is 25.3 Å². The molecule has 2 heterocycles. The Morgan fingerprint density at radius 2 is 1.96 bits per heavy atom.